The van der Waals surface area contributed by atoms with Crippen molar-refractivity contribution >= 4 is 11.7 Å². The molecule has 22 heavy (non-hydrogen) atoms. The fraction of sp³-hybridized carbons (Fsp3) is 0.500. The molecular formula is C16H22N4O2. The topological polar surface area (TPSA) is 77.4 Å². The Morgan fingerprint density at radius 3 is 2.86 bits per heavy atom. The minimum Gasteiger partial charge on any atom is -0.379 e. The lowest BCUT2D eigenvalue weighted by Crippen LogP contribution is -2.47. The van der Waals surface area contributed by atoms with Gasteiger partial charge in [-0.15, -0.1) is 0 Å². The van der Waals surface area contributed by atoms with E-state index in [4.69, 9.17) is 10.00 Å². The molecule has 6 heteroatoms. The minimum atomic E-state index is -0.251. The van der Waals surface area contributed by atoms with E-state index >= 15 is 0 Å². The summed E-state index contributed by atoms with van der Waals surface area (Å²) < 4.78 is 5.31. The van der Waals surface area contributed by atoms with Gasteiger partial charge in [-0.25, -0.2) is 4.79 Å². The maximum Gasteiger partial charge on any atom is 0.319 e. The molecule has 0 bridgehead atoms. The Bertz CT molecular complexity index is 562. The number of benzene rings is 1. The summed E-state index contributed by atoms with van der Waals surface area (Å²) in [6.45, 7) is 7.97. The molecule has 0 radical (unpaired) electrons. The number of ether oxygens (including phenoxy) is 1. The summed E-state index contributed by atoms with van der Waals surface area (Å²) in [5.74, 6) is 0. The number of anilines is 1. The maximum atomic E-state index is 12.1. The molecule has 1 aromatic rings. The number of hydrogen-bond donors (Lipinski definition) is 2. The summed E-state index contributed by atoms with van der Waals surface area (Å²) in [7, 11) is 0. The molecule has 0 aromatic heterocycles. The van der Waals surface area contributed by atoms with Crippen molar-refractivity contribution in [2.75, 3.05) is 38.2 Å². The van der Waals surface area contributed by atoms with E-state index in [0.717, 1.165) is 38.4 Å². The van der Waals surface area contributed by atoms with E-state index in [2.05, 4.69) is 21.6 Å². The van der Waals surface area contributed by atoms with Gasteiger partial charge in [0.25, 0.3) is 0 Å². The summed E-state index contributed by atoms with van der Waals surface area (Å²) in [4.78, 5) is 14.3. The van der Waals surface area contributed by atoms with Crippen LogP contribution in [0.3, 0.4) is 0 Å². The van der Waals surface area contributed by atoms with E-state index in [1.165, 1.54) is 0 Å². The van der Waals surface area contributed by atoms with Crippen LogP contribution >= 0.6 is 0 Å². The minimum absolute atomic E-state index is 0.0394. The van der Waals surface area contributed by atoms with Crippen LogP contribution in [-0.4, -0.2) is 49.8 Å². The van der Waals surface area contributed by atoms with E-state index in [0.29, 0.717) is 11.3 Å². The summed E-state index contributed by atoms with van der Waals surface area (Å²) in [5.41, 5.74) is 2.12. The van der Waals surface area contributed by atoms with Crippen molar-refractivity contribution < 1.29 is 9.53 Å². The Hall–Kier alpha value is -2.10. The van der Waals surface area contributed by atoms with E-state index in [1.807, 2.05) is 19.9 Å². The van der Waals surface area contributed by atoms with Gasteiger partial charge in [0.05, 0.1) is 24.8 Å². The van der Waals surface area contributed by atoms with Crippen molar-refractivity contribution in [1.29, 1.82) is 5.26 Å². The van der Waals surface area contributed by atoms with Crippen LogP contribution in [0.4, 0.5) is 10.5 Å². The number of nitriles is 1. The SMILES string of the molecule is Cc1ccc(C#N)cc1NC(=O)N[C@@H](C)CN1CCOCC1. The molecule has 118 valence electrons. The van der Waals surface area contributed by atoms with Crippen LogP contribution in [0.1, 0.15) is 18.1 Å². The van der Waals surface area contributed by atoms with Gasteiger partial charge in [-0.1, -0.05) is 6.07 Å². The Balaban J connectivity index is 1.85. The lowest BCUT2D eigenvalue weighted by atomic mass is 10.1. The Kier molecular flexibility index (Phi) is 5.75. The van der Waals surface area contributed by atoms with E-state index in [-0.39, 0.29) is 12.1 Å². The van der Waals surface area contributed by atoms with Crippen LogP contribution in [0.15, 0.2) is 18.2 Å². The largest absolute Gasteiger partial charge is 0.379 e. The number of rotatable bonds is 4. The van der Waals surface area contributed by atoms with Gasteiger partial charge in [0.1, 0.15) is 0 Å². The van der Waals surface area contributed by atoms with Gasteiger partial charge in [0, 0.05) is 31.4 Å². The molecule has 6 nitrogen and oxygen atoms in total. The summed E-state index contributed by atoms with van der Waals surface area (Å²) >= 11 is 0. The number of nitrogens with one attached hydrogen (secondary N) is 2. The Morgan fingerprint density at radius 2 is 2.18 bits per heavy atom. The van der Waals surface area contributed by atoms with Crippen LogP contribution in [0.5, 0.6) is 0 Å². The van der Waals surface area contributed by atoms with Crippen molar-refractivity contribution in [3.63, 3.8) is 0 Å². The van der Waals surface area contributed by atoms with Gasteiger partial charge in [-0.2, -0.15) is 5.26 Å². The van der Waals surface area contributed by atoms with Crippen molar-refractivity contribution in [3.05, 3.63) is 29.3 Å². The number of carbonyl (C=O) groups excluding carboxylic acids is 1. The van der Waals surface area contributed by atoms with Gasteiger partial charge in [0.2, 0.25) is 0 Å². The highest BCUT2D eigenvalue weighted by Crippen LogP contribution is 2.16. The zero-order chi connectivity index (χ0) is 15.9. The van der Waals surface area contributed by atoms with E-state index < -0.39 is 0 Å². The molecule has 2 rings (SSSR count). The van der Waals surface area contributed by atoms with Gasteiger partial charge in [0.15, 0.2) is 0 Å². The number of nitrogens with zero attached hydrogens (tertiary/aromatic N) is 2. The van der Waals surface area contributed by atoms with Crippen molar-refractivity contribution in [2.24, 2.45) is 0 Å². The summed E-state index contributed by atoms with van der Waals surface area (Å²) in [6.07, 6.45) is 0. The molecule has 1 aliphatic rings. The molecule has 1 aliphatic heterocycles. The lowest BCUT2D eigenvalue weighted by molar-refractivity contribution is 0.0350. The van der Waals surface area contributed by atoms with Gasteiger partial charge in [-0.05, 0) is 31.5 Å². The predicted molar refractivity (Wildman–Crippen MR) is 84.8 cm³/mol. The number of amides is 2. The number of aryl methyl sites for hydroxylation is 1. The molecule has 1 fully saturated rings. The predicted octanol–water partition coefficient (Wildman–Crippen LogP) is 1.71. The van der Waals surface area contributed by atoms with Crippen LogP contribution in [-0.2, 0) is 4.74 Å². The zero-order valence-corrected chi connectivity index (χ0v) is 13.1. The molecule has 1 saturated heterocycles. The van der Waals surface area contributed by atoms with E-state index in [1.54, 1.807) is 12.1 Å². The van der Waals surface area contributed by atoms with Crippen LogP contribution < -0.4 is 10.6 Å². The average Bonchev–Trinajstić information content (AvgIpc) is 2.50. The third-order valence-corrected chi connectivity index (χ3v) is 3.63. The monoisotopic (exact) mass is 302 g/mol. The fourth-order valence-electron chi connectivity index (χ4n) is 2.43. The molecule has 1 atom stereocenters. The third kappa shape index (κ3) is 4.72. The first-order valence-electron chi connectivity index (χ1n) is 7.47. The molecule has 0 spiro atoms. The maximum absolute atomic E-state index is 12.1. The average molecular weight is 302 g/mol. The third-order valence-electron chi connectivity index (χ3n) is 3.63. The number of morpholine rings is 1. The number of hydrogen-bond acceptors (Lipinski definition) is 4. The molecule has 1 aromatic carbocycles. The molecule has 2 N–H and O–H groups in total. The number of carbonyl (C=O) groups is 1. The Morgan fingerprint density at radius 1 is 1.45 bits per heavy atom. The van der Waals surface area contributed by atoms with Gasteiger partial charge >= 0.3 is 6.03 Å². The second kappa shape index (κ2) is 7.78. The van der Waals surface area contributed by atoms with E-state index in [9.17, 15) is 4.79 Å². The highest BCUT2D eigenvalue weighted by molar-refractivity contribution is 5.90. The standard InChI is InChI=1S/C16H22N4O2/c1-12-3-4-14(10-17)9-15(12)19-16(21)18-13(2)11-20-5-7-22-8-6-20/h3-4,9,13H,5-8,11H2,1-2H3,(H2,18,19,21)/t13-/m0/s1. The zero-order valence-electron chi connectivity index (χ0n) is 13.1. The molecule has 0 aliphatic carbocycles. The second-order valence-corrected chi connectivity index (χ2v) is 5.55. The molecule has 2 amide bonds. The lowest BCUT2D eigenvalue weighted by Gasteiger charge is -2.29. The smallest absolute Gasteiger partial charge is 0.319 e. The highest BCUT2D eigenvalue weighted by Gasteiger charge is 2.15. The Labute approximate surface area is 131 Å². The highest BCUT2D eigenvalue weighted by atomic mass is 16.5. The van der Waals surface area contributed by atoms with Gasteiger partial charge in [-0.3, -0.25) is 4.90 Å². The fourth-order valence-corrected chi connectivity index (χ4v) is 2.43. The summed E-state index contributed by atoms with van der Waals surface area (Å²) in [5, 5.41) is 14.7. The quantitative estimate of drug-likeness (QED) is 0.887. The first kappa shape index (κ1) is 16.3. The van der Waals surface area contributed by atoms with Crippen molar-refractivity contribution in [1.82, 2.24) is 10.2 Å². The molecule has 1 heterocycles. The van der Waals surface area contributed by atoms with Crippen molar-refractivity contribution in [2.45, 2.75) is 19.9 Å². The first-order valence-corrected chi connectivity index (χ1v) is 7.47. The van der Waals surface area contributed by atoms with Gasteiger partial charge < -0.3 is 15.4 Å². The summed E-state index contributed by atoms with van der Waals surface area (Å²) in [6, 6.07) is 7.10. The van der Waals surface area contributed by atoms with Crippen LogP contribution in [0.2, 0.25) is 0 Å². The number of urea groups is 1. The molecule has 0 unspecified atom stereocenters. The second-order valence-electron chi connectivity index (χ2n) is 5.55. The molecule has 0 saturated carbocycles. The van der Waals surface area contributed by atoms with Crippen molar-refractivity contribution in [3.8, 4) is 6.07 Å². The normalized spacial score (nSPS) is 16.6. The van der Waals surface area contributed by atoms with Crippen LogP contribution in [0.25, 0.3) is 0 Å². The molecular weight excluding hydrogens is 280 g/mol. The van der Waals surface area contributed by atoms with Crippen LogP contribution in [0, 0.1) is 18.3 Å². The first-order chi connectivity index (χ1) is 10.6.